The van der Waals surface area contributed by atoms with E-state index in [1.807, 2.05) is 0 Å². The fourth-order valence-corrected chi connectivity index (χ4v) is 3.53. The standard InChI is InChI=1S/C14H16BrN3S/c1-19-10-6-4-9(5-7-10)13-12(15)14(18-17-13)11-3-2-8-16-11/h4-7,11,16H,2-3,8H2,1H3,(H,17,18). The van der Waals surface area contributed by atoms with Gasteiger partial charge in [0.1, 0.15) is 5.69 Å². The van der Waals surface area contributed by atoms with Gasteiger partial charge in [0.15, 0.2) is 0 Å². The van der Waals surface area contributed by atoms with Crippen molar-refractivity contribution >= 4 is 27.7 Å². The lowest BCUT2D eigenvalue weighted by molar-refractivity contribution is 0.623. The van der Waals surface area contributed by atoms with Crippen molar-refractivity contribution in [1.82, 2.24) is 15.5 Å². The van der Waals surface area contributed by atoms with Gasteiger partial charge >= 0.3 is 0 Å². The van der Waals surface area contributed by atoms with Gasteiger partial charge < -0.3 is 5.32 Å². The number of benzene rings is 1. The van der Waals surface area contributed by atoms with E-state index in [-0.39, 0.29) is 0 Å². The van der Waals surface area contributed by atoms with Gasteiger partial charge in [0, 0.05) is 10.5 Å². The molecule has 1 fully saturated rings. The third-order valence-electron chi connectivity index (χ3n) is 3.50. The highest BCUT2D eigenvalue weighted by Crippen LogP contribution is 2.35. The predicted octanol–water partition coefficient (Wildman–Crippen LogP) is 3.99. The summed E-state index contributed by atoms with van der Waals surface area (Å²) in [6.07, 6.45) is 4.49. The summed E-state index contributed by atoms with van der Waals surface area (Å²) in [4.78, 5) is 1.27. The first kappa shape index (κ1) is 13.2. The predicted molar refractivity (Wildman–Crippen MR) is 83.5 cm³/mol. The normalized spacial score (nSPS) is 18.9. The van der Waals surface area contributed by atoms with Crippen molar-refractivity contribution in [2.75, 3.05) is 12.8 Å². The Morgan fingerprint density at radius 2 is 2.11 bits per heavy atom. The van der Waals surface area contributed by atoms with E-state index in [0.29, 0.717) is 6.04 Å². The van der Waals surface area contributed by atoms with Crippen LogP contribution in [0.2, 0.25) is 0 Å². The van der Waals surface area contributed by atoms with E-state index in [2.05, 4.69) is 62.0 Å². The lowest BCUT2D eigenvalue weighted by Gasteiger charge is -2.07. The molecule has 0 amide bonds. The molecule has 1 atom stereocenters. The molecule has 0 saturated carbocycles. The fourth-order valence-electron chi connectivity index (χ4n) is 2.44. The number of H-pyrrole nitrogens is 1. The molecule has 0 bridgehead atoms. The van der Waals surface area contributed by atoms with Crippen LogP contribution in [-0.4, -0.2) is 23.0 Å². The summed E-state index contributed by atoms with van der Waals surface area (Å²) in [6.45, 7) is 1.09. The van der Waals surface area contributed by atoms with Crippen LogP contribution in [-0.2, 0) is 0 Å². The molecule has 1 unspecified atom stereocenters. The smallest absolute Gasteiger partial charge is 0.107 e. The first-order chi connectivity index (χ1) is 9.29. The zero-order chi connectivity index (χ0) is 13.2. The van der Waals surface area contributed by atoms with Crippen LogP contribution in [0.25, 0.3) is 11.3 Å². The second-order valence-corrected chi connectivity index (χ2v) is 6.35. The SMILES string of the molecule is CSc1ccc(-c2n[nH]c(C3CCCN3)c2Br)cc1. The first-order valence-electron chi connectivity index (χ1n) is 6.41. The zero-order valence-corrected chi connectivity index (χ0v) is 13.1. The number of aromatic nitrogens is 2. The zero-order valence-electron chi connectivity index (χ0n) is 10.7. The van der Waals surface area contributed by atoms with Crippen LogP contribution in [0.4, 0.5) is 0 Å². The molecular formula is C14H16BrN3S. The van der Waals surface area contributed by atoms with Gasteiger partial charge in [0.05, 0.1) is 16.2 Å². The van der Waals surface area contributed by atoms with Crippen LogP contribution in [0, 0.1) is 0 Å². The van der Waals surface area contributed by atoms with Gasteiger partial charge in [-0.05, 0) is 53.7 Å². The number of rotatable bonds is 3. The van der Waals surface area contributed by atoms with E-state index in [0.717, 1.165) is 22.3 Å². The Morgan fingerprint density at radius 1 is 1.32 bits per heavy atom. The van der Waals surface area contributed by atoms with E-state index in [4.69, 9.17) is 0 Å². The maximum atomic E-state index is 4.47. The average Bonchev–Trinajstić information content (AvgIpc) is 3.08. The van der Waals surface area contributed by atoms with Crippen molar-refractivity contribution in [3.63, 3.8) is 0 Å². The lowest BCUT2D eigenvalue weighted by Crippen LogP contribution is -2.13. The molecule has 0 aliphatic carbocycles. The second-order valence-electron chi connectivity index (χ2n) is 4.68. The minimum atomic E-state index is 0.404. The molecular weight excluding hydrogens is 322 g/mol. The Labute approximate surface area is 125 Å². The van der Waals surface area contributed by atoms with E-state index < -0.39 is 0 Å². The summed E-state index contributed by atoms with van der Waals surface area (Å²) in [5, 5.41) is 11.1. The Hall–Kier alpha value is -0.780. The van der Waals surface area contributed by atoms with E-state index in [1.165, 1.54) is 23.4 Å². The maximum Gasteiger partial charge on any atom is 0.107 e. The summed E-state index contributed by atoms with van der Waals surface area (Å²) >= 11 is 5.45. The minimum absolute atomic E-state index is 0.404. The van der Waals surface area contributed by atoms with Crippen LogP contribution in [0.5, 0.6) is 0 Å². The molecule has 100 valence electrons. The largest absolute Gasteiger partial charge is 0.309 e. The average molecular weight is 338 g/mol. The molecule has 0 radical (unpaired) electrons. The van der Waals surface area contributed by atoms with E-state index >= 15 is 0 Å². The van der Waals surface area contributed by atoms with Crippen LogP contribution in [0.15, 0.2) is 33.6 Å². The van der Waals surface area contributed by atoms with E-state index in [9.17, 15) is 0 Å². The van der Waals surface area contributed by atoms with Crippen LogP contribution in [0.3, 0.4) is 0 Å². The Bertz CT molecular complexity index is 559. The molecule has 1 aliphatic rings. The summed E-state index contributed by atoms with van der Waals surface area (Å²) in [6, 6.07) is 8.92. The van der Waals surface area contributed by atoms with Gasteiger partial charge in [-0.15, -0.1) is 11.8 Å². The van der Waals surface area contributed by atoms with Crippen molar-refractivity contribution in [3.8, 4) is 11.3 Å². The topological polar surface area (TPSA) is 40.7 Å². The van der Waals surface area contributed by atoms with Crippen LogP contribution in [0.1, 0.15) is 24.6 Å². The Kier molecular flexibility index (Phi) is 3.96. The maximum absolute atomic E-state index is 4.47. The van der Waals surface area contributed by atoms with Crippen molar-refractivity contribution in [2.24, 2.45) is 0 Å². The molecule has 1 aromatic heterocycles. The van der Waals surface area contributed by atoms with Crippen molar-refractivity contribution < 1.29 is 0 Å². The van der Waals surface area contributed by atoms with Gasteiger partial charge in [0.25, 0.3) is 0 Å². The number of nitrogens with one attached hydrogen (secondary N) is 2. The third-order valence-corrected chi connectivity index (χ3v) is 5.05. The van der Waals surface area contributed by atoms with Crippen molar-refractivity contribution in [3.05, 3.63) is 34.4 Å². The highest BCUT2D eigenvalue weighted by atomic mass is 79.9. The molecule has 0 spiro atoms. The number of aromatic amines is 1. The molecule has 1 aromatic carbocycles. The molecule has 19 heavy (non-hydrogen) atoms. The second kappa shape index (κ2) is 5.69. The summed E-state index contributed by atoms with van der Waals surface area (Å²) < 4.78 is 1.09. The molecule has 3 nitrogen and oxygen atoms in total. The highest BCUT2D eigenvalue weighted by molar-refractivity contribution is 9.10. The molecule has 5 heteroatoms. The molecule has 2 aromatic rings. The monoisotopic (exact) mass is 337 g/mol. The van der Waals surface area contributed by atoms with Gasteiger partial charge in [0.2, 0.25) is 0 Å². The highest BCUT2D eigenvalue weighted by Gasteiger charge is 2.23. The Balaban J connectivity index is 1.92. The van der Waals surface area contributed by atoms with Gasteiger partial charge in [-0.3, -0.25) is 5.10 Å². The quantitative estimate of drug-likeness (QED) is 0.832. The number of hydrogen-bond acceptors (Lipinski definition) is 3. The van der Waals surface area contributed by atoms with Crippen molar-refractivity contribution in [2.45, 2.75) is 23.8 Å². The number of halogens is 1. The van der Waals surface area contributed by atoms with Gasteiger partial charge in [-0.2, -0.15) is 5.10 Å². The summed E-state index contributed by atoms with van der Waals surface area (Å²) in [7, 11) is 0. The number of thioether (sulfide) groups is 1. The summed E-state index contributed by atoms with van der Waals surface area (Å²) in [5.74, 6) is 0. The van der Waals surface area contributed by atoms with Crippen molar-refractivity contribution in [1.29, 1.82) is 0 Å². The van der Waals surface area contributed by atoms with Crippen LogP contribution >= 0.6 is 27.7 Å². The number of hydrogen-bond donors (Lipinski definition) is 2. The molecule has 1 aliphatic heterocycles. The third kappa shape index (κ3) is 2.59. The molecule has 2 N–H and O–H groups in total. The minimum Gasteiger partial charge on any atom is -0.309 e. The van der Waals surface area contributed by atoms with Gasteiger partial charge in [-0.1, -0.05) is 12.1 Å². The van der Waals surface area contributed by atoms with Crippen LogP contribution < -0.4 is 5.32 Å². The number of nitrogens with zero attached hydrogens (tertiary/aromatic N) is 1. The Morgan fingerprint density at radius 3 is 2.74 bits per heavy atom. The molecule has 1 saturated heterocycles. The van der Waals surface area contributed by atoms with Gasteiger partial charge in [-0.25, -0.2) is 0 Å². The molecule has 3 rings (SSSR count). The van der Waals surface area contributed by atoms with E-state index in [1.54, 1.807) is 11.8 Å². The fraction of sp³-hybridized carbons (Fsp3) is 0.357. The lowest BCUT2D eigenvalue weighted by atomic mass is 10.1. The summed E-state index contributed by atoms with van der Waals surface area (Å²) in [5.41, 5.74) is 3.31. The first-order valence-corrected chi connectivity index (χ1v) is 8.43. The molecule has 2 heterocycles.